The topological polar surface area (TPSA) is 77.2 Å². The van der Waals surface area contributed by atoms with E-state index in [1.54, 1.807) is 31.4 Å². The molecule has 3 N–H and O–H groups in total. The van der Waals surface area contributed by atoms with E-state index in [-0.39, 0.29) is 5.91 Å². The Morgan fingerprint density at radius 3 is 2.29 bits per heavy atom. The first-order chi connectivity index (χ1) is 16.9. The van der Waals surface area contributed by atoms with Crippen molar-refractivity contribution in [2.24, 2.45) is 0 Å². The van der Waals surface area contributed by atoms with Gasteiger partial charge in [0.25, 0.3) is 5.91 Å². The van der Waals surface area contributed by atoms with Gasteiger partial charge in [0.15, 0.2) is 0 Å². The van der Waals surface area contributed by atoms with Crippen LogP contribution < -0.4 is 15.8 Å². The highest BCUT2D eigenvalue weighted by molar-refractivity contribution is 7.21. The largest absolute Gasteiger partial charge is 0.497 e. The molecule has 5 aromatic rings. The number of fused-ring (bicyclic) bond motifs is 1. The van der Waals surface area contributed by atoms with Crippen LogP contribution in [0, 0.1) is 6.92 Å². The summed E-state index contributed by atoms with van der Waals surface area (Å²) >= 11 is 7.25. The molecule has 2 heterocycles. The molecule has 35 heavy (non-hydrogen) atoms. The van der Waals surface area contributed by atoms with Crippen LogP contribution >= 0.6 is 22.9 Å². The van der Waals surface area contributed by atoms with E-state index in [1.165, 1.54) is 16.9 Å². The van der Waals surface area contributed by atoms with Gasteiger partial charge < -0.3 is 15.8 Å². The van der Waals surface area contributed by atoms with Crippen molar-refractivity contribution < 1.29 is 9.53 Å². The van der Waals surface area contributed by atoms with Gasteiger partial charge in [-0.2, -0.15) is 0 Å². The Morgan fingerprint density at radius 2 is 1.63 bits per heavy atom. The number of ether oxygens (including phenoxy) is 1. The molecule has 1 amide bonds. The fourth-order valence-corrected chi connectivity index (χ4v) is 5.02. The smallest absolute Gasteiger partial charge is 0.267 e. The summed E-state index contributed by atoms with van der Waals surface area (Å²) in [4.78, 5) is 19.2. The van der Waals surface area contributed by atoms with E-state index in [9.17, 15) is 4.79 Å². The Hall–Kier alpha value is -3.87. The lowest BCUT2D eigenvalue weighted by molar-refractivity contribution is 0.103. The van der Waals surface area contributed by atoms with E-state index in [0.29, 0.717) is 26.1 Å². The fourth-order valence-electron chi connectivity index (χ4n) is 3.88. The van der Waals surface area contributed by atoms with Crippen molar-refractivity contribution in [2.75, 3.05) is 18.2 Å². The number of carbonyl (C=O) groups is 1. The summed E-state index contributed by atoms with van der Waals surface area (Å²) in [6.45, 7) is 2.05. The number of pyridine rings is 1. The number of aryl methyl sites for hydroxylation is 1. The molecule has 0 aliphatic rings. The van der Waals surface area contributed by atoms with Crippen molar-refractivity contribution in [1.82, 2.24) is 4.98 Å². The second-order valence-electron chi connectivity index (χ2n) is 8.14. The van der Waals surface area contributed by atoms with Crippen molar-refractivity contribution in [3.8, 4) is 28.1 Å². The maximum Gasteiger partial charge on any atom is 0.267 e. The number of benzene rings is 3. The Balaban J connectivity index is 1.65. The van der Waals surface area contributed by atoms with E-state index in [2.05, 4.69) is 24.4 Å². The molecule has 5 rings (SSSR count). The minimum absolute atomic E-state index is 0.287. The van der Waals surface area contributed by atoms with Gasteiger partial charge in [-0.05, 0) is 60.5 Å². The molecular weight excluding hydrogens is 478 g/mol. The first-order valence-electron chi connectivity index (χ1n) is 10.9. The number of anilines is 2. The Morgan fingerprint density at radius 1 is 0.971 bits per heavy atom. The number of hydrogen-bond donors (Lipinski definition) is 2. The normalized spacial score (nSPS) is 10.9. The van der Waals surface area contributed by atoms with Gasteiger partial charge in [-0.25, -0.2) is 4.98 Å². The minimum Gasteiger partial charge on any atom is -0.497 e. The van der Waals surface area contributed by atoms with Crippen LogP contribution in [-0.2, 0) is 0 Å². The molecular formula is C28H22ClN3O2S. The van der Waals surface area contributed by atoms with Crippen molar-refractivity contribution in [3.63, 3.8) is 0 Å². The van der Waals surface area contributed by atoms with Crippen LogP contribution in [0.4, 0.5) is 11.4 Å². The van der Waals surface area contributed by atoms with Gasteiger partial charge in [-0.3, -0.25) is 4.79 Å². The molecule has 5 nitrogen and oxygen atoms in total. The molecule has 0 fully saturated rings. The summed E-state index contributed by atoms with van der Waals surface area (Å²) in [6, 6.07) is 25.0. The van der Waals surface area contributed by atoms with E-state index < -0.39 is 0 Å². The molecule has 0 saturated carbocycles. The van der Waals surface area contributed by atoms with Gasteiger partial charge in [0.2, 0.25) is 0 Å². The number of methoxy groups -OCH3 is 1. The molecule has 3 aromatic carbocycles. The van der Waals surface area contributed by atoms with E-state index in [1.807, 2.05) is 42.5 Å². The predicted octanol–water partition coefficient (Wildman–Crippen LogP) is 7.44. The lowest BCUT2D eigenvalue weighted by Gasteiger charge is -2.10. The molecule has 0 spiro atoms. The van der Waals surface area contributed by atoms with Crippen LogP contribution in [-0.4, -0.2) is 18.0 Å². The number of nitrogen functional groups attached to an aromatic ring is 1. The van der Waals surface area contributed by atoms with Crippen molar-refractivity contribution in [1.29, 1.82) is 0 Å². The third-order valence-electron chi connectivity index (χ3n) is 5.76. The number of hydrogen-bond acceptors (Lipinski definition) is 5. The van der Waals surface area contributed by atoms with Crippen LogP contribution in [0.2, 0.25) is 5.02 Å². The third-order valence-corrected chi connectivity index (χ3v) is 7.11. The summed E-state index contributed by atoms with van der Waals surface area (Å²) in [5.41, 5.74) is 12.5. The molecule has 0 aliphatic carbocycles. The van der Waals surface area contributed by atoms with Gasteiger partial charge in [0.05, 0.1) is 18.5 Å². The number of nitrogens with one attached hydrogen (secondary N) is 1. The van der Waals surface area contributed by atoms with Crippen molar-refractivity contribution in [3.05, 3.63) is 94.3 Å². The zero-order chi connectivity index (χ0) is 24.5. The first kappa shape index (κ1) is 22.9. The average molecular weight is 500 g/mol. The standard InChI is InChI=1S/C28H22ClN3O2S/c1-16-3-5-18(6-4-16)23-15-22(17-7-13-21(34-2)14-8-17)24-25(30)26(35-28(24)32-23)27(33)31-20-11-9-19(29)10-12-20/h3-15H,30H2,1-2H3,(H,31,33). The number of halogens is 1. The zero-order valence-electron chi connectivity index (χ0n) is 19.1. The van der Waals surface area contributed by atoms with Gasteiger partial charge in [-0.1, -0.05) is 53.6 Å². The lowest BCUT2D eigenvalue weighted by Crippen LogP contribution is -2.11. The summed E-state index contributed by atoms with van der Waals surface area (Å²) in [7, 11) is 1.64. The second-order valence-corrected chi connectivity index (χ2v) is 9.57. The Labute approximate surface area is 212 Å². The van der Waals surface area contributed by atoms with Gasteiger partial charge in [0, 0.05) is 21.7 Å². The molecule has 174 valence electrons. The quantitative estimate of drug-likeness (QED) is 0.263. The average Bonchev–Trinajstić information content (AvgIpc) is 3.22. The third kappa shape index (κ3) is 4.58. The molecule has 2 aromatic heterocycles. The van der Waals surface area contributed by atoms with E-state index in [4.69, 9.17) is 27.1 Å². The Kier molecular flexibility index (Phi) is 6.16. The molecule has 0 unspecified atom stereocenters. The number of rotatable bonds is 5. The highest BCUT2D eigenvalue weighted by Gasteiger charge is 2.22. The molecule has 0 atom stereocenters. The zero-order valence-corrected chi connectivity index (χ0v) is 20.7. The number of aromatic nitrogens is 1. The monoisotopic (exact) mass is 499 g/mol. The first-order valence-corrected chi connectivity index (χ1v) is 12.1. The van der Waals surface area contributed by atoms with Gasteiger partial charge >= 0.3 is 0 Å². The maximum atomic E-state index is 13.2. The molecule has 7 heteroatoms. The number of amides is 1. The van der Waals surface area contributed by atoms with Crippen LogP contribution in [0.15, 0.2) is 78.9 Å². The number of nitrogens with zero attached hydrogens (tertiary/aromatic N) is 1. The predicted molar refractivity (Wildman–Crippen MR) is 146 cm³/mol. The highest BCUT2D eigenvalue weighted by atomic mass is 35.5. The van der Waals surface area contributed by atoms with Crippen LogP contribution in [0.5, 0.6) is 5.75 Å². The van der Waals surface area contributed by atoms with Crippen LogP contribution in [0.3, 0.4) is 0 Å². The number of carbonyl (C=O) groups excluding carboxylic acids is 1. The molecule has 0 bridgehead atoms. The van der Waals surface area contributed by atoms with Crippen molar-refractivity contribution >= 4 is 50.4 Å². The number of nitrogens with two attached hydrogens (primary N) is 1. The molecule has 0 aliphatic heterocycles. The maximum absolute atomic E-state index is 13.2. The lowest BCUT2D eigenvalue weighted by atomic mass is 9.99. The fraction of sp³-hybridized carbons (Fsp3) is 0.0714. The highest BCUT2D eigenvalue weighted by Crippen LogP contribution is 2.42. The van der Waals surface area contributed by atoms with Crippen LogP contribution in [0.1, 0.15) is 15.2 Å². The SMILES string of the molecule is COc1ccc(-c2cc(-c3ccc(C)cc3)nc3sc(C(=O)Nc4ccc(Cl)cc4)c(N)c23)cc1. The van der Waals surface area contributed by atoms with Gasteiger partial charge in [0.1, 0.15) is 15.5 Å². The Bertz CT molecular complexity index is 1530. The molecule has 0 saturated heterocycles. The second kappa shape index (κ2) is 9.41. The number of thiophene rings is 1. The van der Waals surface area contributed by atoms with Crippen molar-refractivity contribution in [2.45, 2.75) is 6.92 Å². The summed E-state index contributed by atoms with van der Waals surface area (Å²) in [5.74, 6) is 0.476. The minimum atomic E-state index is -0.287. The molecule has 0 radical (unpaired) electrons. The van der Waals surface area contributed by atoms with Crippen LogP contribution in [0.25, 0.3) is 32.6 Å². The van der Waals surface area contributed by atoms with Gasteiger partial charge in [-0.15, -0.1) is 11.3 Å². The summed E-state index contributed by atoms with van der Waals surface area (Å²) in [5, 5.41) is 4.26. The van der Waals surface area contributed by atoms with E-state index in [0.717, 1.165) is 33.5 Å². The summed E-state index contributed by atoms with van der Waals surface area (Å²) in [6.07, 6.45) is 0. The summed E-state index contributed by atoms with van der Waals surface area (Å²) < 4.78 is 5.32. The van der Waals surface area contributed by atoms with E-state index >= 15 is 0 Å².